The van der Waals surface area contributed by atoms with Crippen LogP contribution in [-0.4, -0.2) is 26.1 Å². The molecule has 0 unspecified atom stereocenters. The monoisotopic (exact) mass is 311 g/mol. The van der Waals surface area contributed by atoms with Crippen molar-refractivity contribution in [2.75, 3.05) is 0 Å². The van der Waals surface area contributed by atoms with Crippen LogP contribution in [0.3, 0.4) is 0 Å². The van der Waals surface area contributed by atoms with E-state index in [4.69, 9.17) is 9.84 Å². The lowest BCUT2D eigenvalue weighted by atomic mass is 10.1. The van der Waals surface area contributed by atoms with Gasteiger partial charge in [0, 0.05) is 0 Å². The largest absolute Gasteiger partial charge is 0.439 e. The first kappa shape index (κ1) is 14.9. The minimum Gasteiger partial charge on any atom is -0.439 e. The molecular weight excluding hydrogens is 298 g/mol. The number of esters is 1. The molecule has 0 bridgehead atoms. The summed E-state index contributed by atoms with van der Waals surface area (Å²) < 4.78 is 6.06. The number of hydrogen-bond acceptors (Lipinski definition) is 6. The summed E-state index contributed by atoms with van der Waals surface area (Å²) >= 11 is 0. The summed E-state index contributed by atoms with van der Waals surface area (Å²) in [6.45, 7) is -0.422. The number of aliphatic hydroxyl groups excluding tert-OH is 1. The highest BCUT2D eigenvalue weighted by Crippen LogP contribution is 2.07. The maximum Gasteiger partial charge on any atom is 0.339 e. The molecule has 0 spiro atoms. The van der Waals surface area contributed by atoms with Gasteiger partial charge in [-0.05, 0) is 29.8 Å². The van der Waals surface area contributed by atoms with E-state index in [0.717, 1.165) is 4.68 Å². The number of hydrogen-bond donors (Lipinski definition) is 1. The molecule has 0 aliphatic rings. The number of ether oxygens (including phenoxy) is 1. The standard InChI is InChI=1S/C16H13N3O4/c20-9-11-5-7-12(8-6-11)16(22)23-10-19-15(21)13-3-1-2-4-14(13)17-18-19/h1-8,20H,9-10H2. The molecule has 2 aromatic carbocycles. The Balaban J connectivity index is 1.76. The predicted octanol–water partition coefficient (Wildman–Crippen LogP) is 1.10. The fraction of sp³-hybridized carbons (Fsp3) is 0.125. The molecule has 0 fully saturated rings. The van der Waals surface area contributed by atoms with Gasteiger partial charge >= 0.3 is 5.97 Å². The van der Waals surface area contributed by atoms with Gasteiger partial charge in [-0.25, -0.2) is 4.79 Å². The Labute approximate surface area is 130 Å². The van der Waals surface area contributed by atoms with E-state index >= 15 is 0 Å². The van der Waals surface area contributed by atoms with Crippen LogP contribution in [0.2, 0.25) is 0 Å². The molecule has 0 radical (unpaired) electrons. The van der Waals surface area contributed by atoms with Gasteiger partial charge in [-0.3, -0.25) is 4.79 Å². The van der Waals surface area contributed by atoms with E-state index in [2.05, 4.69) is 10.3 Å². The van der Waals surface area contributed by atoms with Crippen molar-refractivity contribution >= 4 is 16.9 Å². The molecule has 0 aliphatic heterocycles. The van der Waals surface area contributed by atoms with Crippen LogP contribution in [-0.2, 0) is 18.1 Å². The highest BCUT2D eigenvalue weighted by atomic mass is 16.5. The van der Waals surface area contributed by atoms with Crippen molar-refractivity contribution < 1.29 is 14.6 Å². The van der Waals surface area contributed by atoms with Crippen molar-refractivity contribution in [3.63, 3.8) is 0 Å². The zero-order valence-electron chi connectivity index (χ0n) is 12.0. The van der Waals surface area contributed by atoms with Gasteiger partial charge in [0.2, 0.25) is 0 Å². The van der Waals surface area contributed by atoms with Crippen LogP contribution in [0, 0.1) is 0 Å². The maximum absolute atomic E-state index is 12.2. The third-order valence-corrected chi connectivity index (χ3v) is 3.32. The highest BCUT2D eigenvalue weighted by Gasteiger charge is 2.10. The van der Waals surface area contributed by atoms with Crippen LogP contribution >= 0.6 is 0 Å². The summed E-state index contributed by atoms with van der Waals surface area (Å²) in [5.74, 6) is -0.587. The molecule has 1 aromatic heterocycles. The first-order chi connectivity index (χ1) is 11.2. The van der Waals surface area contributed by atoms with Crippen molar-refractivity contribution in [1.82, 2.24) is 15.0 Å². The number of carbonyl (C=O) groups excluding carboxylic acids is 1. The lowest BCUT2D eigenvalue weighted by molar-refractivity contribution is 0.0336. The van der Waals surface area contributed by atoms with Crippen LogP contribution in [0.5, 0.6) is 0 Å². The Morgan fingerprint density at radius 3 is 2.61 bits per heavy atom. The Morgan fingerprint density at radius 2 is 1.87 bits per heavy atom. The van der Waals surface area contributed by atoms with Gasteiger partial charge in [-0.1, -0.05) is 29.5 Å². The van der Waals surface area contributed by atoms with Crippen LogP contribution < -0.4 is 5.56 Å². The molecule has 1 N–H and O–H groups in total. The molecule has 0 amide bonds. The molecule has 1 heterocycles. The number of fused-ring (bicyclic) bond motifs is 1. The summed E-state index contributed by atoms with van der Waals surface area (Å²) in [5.41, 5.74) is 1.13. The lowest BCUT2D eigenvalue weighted by Gasteiger charge is -2.07. The zero-order chi connectivity index (χ0) is 16.2. The van der Waals surface area contributed by atoms with Gasteiger partial charge in [0.05, 0.1) is 17.6 Å². The second kappa shape index (κ2) is 6.37. The SMILES string of the molecule is O=C(OCn1nnc2ccccc2c1=O)c1ccc(CO)cc1. The van der Waals surface area contributed by atoms with E-state index in [-0.39, 0.29) is 18.9 Å². The molecule has 7 heteroatoms. The highest BCUT2D eigenvalue weighted by molar-refractivity contribution is 5.89. The summed E-state index contributed by atoms with van der Waals surface area (Å²) in [4.78, 5) is 24.1. The van der Waals surface area contributed by atoms with E-state index in [9.17, 15) is 9.59 Å². The fourth-order valence-corrected chi connectivity index (χ4v) is 2.06. The average Bonchev–Trinajstić information content (AvgIpc) is 2.61. The normalized spacial score (nSPS) is 10.7. The number of aromatic nitrogens is 3. The zero-order valence-corrected chi connectivity index (χ0v) is 12.0. The van der Waals surface area contributed by atoms with Gasteiger partial charge in [-0.2, -0.15) is 4.68 Å². The Hall–Kier alpha value is -3.06. The van der Waals surface area contributed by atoms with Crippen molar-refractivity contribution in [2.24, 2.45) is 0 Å². The van der Waals surface area contributed by atoms with Crippen LogP contribution in [0.1, 0.15) is 15.9 Å². The molecule has 0 atom stereocenters. The van der Waals surface area contributed by atoms with E-state index in [0.29, 0.717) is 22.0 Å². The topological polar surface area (TPSA) is 94.3 Å². The first-order valence-corrected chi connectivity index (χ1v) is 6.88. The molecule has 0 saturated heterocycles. The number of rotatable bonds is 4. The molecule has 0 saturated carbocycles. The van der Waals surface area contributed by atoms with Gasteiger partial charge in [-0.15, -0.1) is 5.10 Å². The van der Waals surface area contributed by atoms with Gasteiger partial charge in [0.15, 0.2) is 6.73 Å². The van der Waals surface area contributed by atoms with Crippen LogP contribution in [0.15, 0.2) is 53.3 Å². The summed E-state index contributed by atoms with van der Waals surface area (Å²) in [6.07, 6.45) is 0. The van der Waals surface area contributed by atoms with Crippen molar-refractivity contribution in [2.45, 2.75) is 13.3 Å². The summed E-state index contributed by atoms with van der Waals surface area (Å²) in [6, 6.07) is 13.1. The molecule has 23 heavy (non-hydrogen) atoms. The Bertz CT molecular complexity index is 903. The third kappa shape index (κ3) is 3.09. The fourth-order valence-electron chi connectivity index (χ4n) is 2.06. The second-order valence-electron chi connectivity index (χ2n) is 4.83. The number of benzene rings is 2. The third-order valence-electron chi connectivity index (χ3n) is 3.32. The van der Waals surface area contributed by atoms with Crippen molar-refractivity contribution in [3.8, 4) is 0 Å². The van der Waals surface area contributed by atoms with Crippen LogP contribution in [0.25, 0.3) is 10.9 Å². The van der Waals surface area contributed by atoms with Crippen molar-refractivity contribution in [3.05, 3.63) is 70.0 Å². The van der Waals surface area contributed by atoms with Crippen LogP contribution in [0.4, 0.5) is 0 Å². The number of nitrogens with zero attached hydrogens (tertiary/aromatic N) is 3. The second-order valence-corrected chi connectivity index (χ2v) is 4.83. The Kier molecular flexibility index (Phi) is 4.11. The minimum atomic E-state index is -0.587. The summed E-state index contributed by atoms with van der Waals surface area (Å²) in [5, 5.41) is 17.0. The lowest BCUT2D eigenvalue weighted by Crippen LogP contribution is -2.26. The van der Waals surface area contributed by atoms with Crippen molar-refractivity contribution in [1.29, 1.82) is 0 Å². The molecule has 3 rings (SSSR count). The Morgan fingerprint density at radius 1 is 1.13 bits per heavy atom. The number of aliphatic hydroxyl groups is 1. The average molecular weight is 311 g/mol. The molecule has 116 valence electrons. The molecular formula is C16H13N3O4. The minimum absolute atomic E-state index is 0.0998. The van der Waals surface area contributed by atoms with E-state index < -0.39 is 5.97 Å². The molecule has 7 nitrogen and oxygen atoms in total. The molecule has 0 aliphatic carbocycles. The predicted molar refractivity (Wildman–Crippen MR) is 81.6 cm³/mol. The molecule has 3 aromatic rings. The van der Waals surface area contributed by atoms with E-state index in [1.165, 1.54) is 0 Å². The quantitative estimate of drug-likeness (QED) is 0.725. The summed E-state index contributed by atoms with van der Waals surface area (Å²) in [7, 11) is 0. The van der Waals surface area contributed by atoms with Gasteiger partial charge < -0.3 is 9.84 Å². The van der Waals surface area contributed by atoms with Gasteiger partial charge in [0.1, 0.15) is 5.52 Å². The van der Waals surface area contributed by atoms with E-state index in [1.54, 1.807) is 48.5 Å². The smallest absolute Gasteiger partial charge is 0.339 e. The maximum atomic E-state index is 12.2. The van der Waals surface area contributed by atoms with Gasteiger partial charge in [0.25, 0.3) is 5.56 Å². The first-order valence-electron chi connectivity index (χ1n) is 6.88. The van der Waals surface area contributed by atoms with E-state index in [1.807, 2.05) is 0 Å². The number of carbonyl (C=O) groups is 1.